The predicted octanol–water partition coefficient (Wildman–Crippen LogP) is 16.7. The molecule has 1 radical (unpaired) electrons. The summed E-state index contributed by atoms with van der Waals surface area (Å²) < 4.78 is 2.65. The number of aromatic nitrogens is 1. The van der Waals surface area contributed by atoms with Crippen LogP contribution in [0.25, 0.3) is 72.0 Å². The summed E-state index contributed by atoms with van der Waals surface area (Å²) in [5.41, 5.74) is 32.0. The van der Waals surface area contributed by atoms with Crippen molar-refractivity contribution in [2.45, 2.75) is 135 Å². The zero-order chi connectivity index (χ0) is 50.0. The molecule has 0 amide bonds. The molecule has 0 saturated heterocycles. The van der Waals surface area contributed by atoms with Gasteiger partial charge < -0.3 is 9.88 Å². The minimum atomic E-state index is -0.201. The molecule has 4 aliphatic carbocycles. The predicted molar refractivity (Wildman–Crippen MR) is 308 cm³/mol. The van der Waals surface area contributed by atoms with E-state index in [4.69, 9.17) is 0 Å². The zero-order valence-electron chi connectivity index (χ0n) is 44.6. The summed E-state index contributed by atoms with van der Waals surface area (Å²) in [6.07, 6.45) is 2.40. The zero-order valence-corrected chi connectivity index (χ0v) is 44.6. The van der Waals surface area contributed by atoms with Crippen molar-refractivity contribution in [1.29, 1.82) is 0 Å². The lowest BCUT2D eigenvalue weighted by molar-refractivity contribution is 0.331. The average Bonchev–Trinajstić information content (AvgIpc) is 3.96. The van der Waals surface area contributed by atoms with E-state index in [2.05, 4.69) is 241 Å². The Balaban J connectivity index is 1.06. The van der Waals surface area contributed by atoms with E-state index in [1.807, 2.05) is 0 Å². The van der Waals surface area contributed by atoms with Crippen LogP contribution >= 0.6 is 0 Å². The molecule has 1 N–H and O–H groups in total. The highest BCUT2D eigenvalue weighted by atomic mass is 15.0. The Morgan fingerprint density at radius 1 is 0.472 bits per heavy atom. The van der Waals surface area contributed by atoms with Gasteiger partial charge in [-0.1, -0.05) is 186 Å². The molecule has 0 fully saturated rings. The van der Waals surface area contributed by atoms with Gasteiger partial charge in [0.15, 0.2) is 7.28 Å². The average molecular weight is 934 g/mol. The van der Waals surface area contributed by atoms with Gasteiger partial charge in [-0.15, -0.1) is 0 Å². The molecule has 2 nitrogen and oxygen atoms in total. The number of hydrogen-bond acceptors (Lipinski definition) is 1. The maximum Gasteiger partial charge on any atom is 0.197 e. The van der Waals surface area contributed by atoms with E-state index in [0.717, 1.165) is 11.4 Å². The first-order valence-corrected chi connectivity index (χ1v) is 26.7. The van der Waals surface area contributed by atoms with E-state index >= 15 is 0 Å². The summed E-state index contributed by atoms with van der Waals surface area (Å²) in [4.78, 5) is 0. The SMILES string of the molecule is CC(C)(C)c1ccc(Nc2cc3c(cc2-c2ccc4c5c6c(ccc5n5c4c2[B]c2cc4c(cc2-5)-c2ccccc2C4(C)C)C(C)(C)c2ccccc2-6)C(C)(C)c2cc4c(cc2-3)C(C)(C)CCC4(C)C)cc1. The molecule has 3 heteroatoms. The maximum absolute atomic E-state index is 4.10. The Bertz CT molecular complexity index is 3910. The fourth-order valence-corrected chi connectivity index (χ4v) is 14.6. The van der Waals surface area contributed by atoms with Gasteiger partial charge in [0.05, 0.1) is 5.52 Å². The van der Waals surface area contributed by atoms with Crippen LogP contribution < -0.4 is 16.2 Å². The van der Waals surface area contributed by atoms with Crippen LogP contribution in [0.15, 0.2) is 133 Å². The van der Waals surface area contributed by atoms with Crippen molar-refractivity contribution in [2.75, 3.05) is 5.32 Å². The molecule has 0 spiro atoms. The van der Waals surface area contributed by atoms with E-state index in [1.165, 1.54) is 146 Å². The fourth-order valence-electron chi connectivity index (χ4n) is 14.6. The Labute approximate surface area is 428 Å². The molecule has 72 heavy (non-hydrogen) atoms. The van der Waals surface area contributed by atoms with Gasteiger partial charge in [0, 0.05) is 55.2 Å². The first-order chi connectivity index (χ1) is 34.1. The van der Waals surface area contributed by atoms with Crippen LogP contribution in [0.5, 0.6) is 0 Å². The highest BCUT2D eigenvalue weighted by molar-refractivity contribution is 6.73. The third-order valence-electron chi connectivity index (χ3n) is 19.1. The van der Waals surface area contributed by atoms with Gasteiger partial charge in [-0.05, 0) is 166 Å². The van der Waals surface area contributed by atoms with Crippen LogP contribution in [0, 0.1) is 0 Å². The second-order valence-electron chi connectivity index (χ2n) is 26.3. The number of anilines is 2. The van der Waals surface area contributed by atoms with Gasteiger partial charge in [-0.3, -0.25) is 0 Å². The third kappa shape index (κ3) is 5.69. The lowest BCUT2D eigenvalue weighted by Gasteiger charge is -2.42. The molecule has 5 aliphatic rings. The molecule has 0 saturated carbocycles. The highest BCUT2D eigenvalue weighted by Gasteiger charge is 2.45. The van der Waals surface area contributed by atoms with E-state index in [0.29, 0.717) is 0 Å². The van der Waals surface area contributed by atoms with Crippen molar-refractivity contribution in [2.24, 2.45) is 0 Å². The normalized spacial score (nSPS) is 18.1. The topological polar surface area (TPSA) is 17.0 Å². The number of rotatable bonds is 3. The Hall–Kier alpha value is -6.58. The summed E-state index contributed by atoms with van der Waals surface area (Å²) in [5, 5.41) is 6.76. The maximum atomic E-state index is 4.10. The van der Waals surface area contributed by atoms with Gasteiger partial charge in [0.2, 0.25) is 0 Å². The summed E-state index contributed by atoms with van der Waals surface area (Å²) in [7, 11) is 2.55. The molecule has 0 bridgehead atoms. The van der Waals surface area contributed by atoms with Gasteiger partial charge in [-0.2, -0.15) is 0 Å². The first-order valence-electron chi connectivity index (χ1n) is 26.7. The molecule has 0 unspecified atom stereocenters. The summed E-state index contributed by atoms with van der Waals surface area (Å²) in [6.45, 7) is 31.3. The van der Waals surface area contributed by atoms with E-state index in [-0.39, 0.29) is 32.5 Å². The van der Waals surface area contributed by atoms with Crippen molar-refractivity contribution in [3.63, 3.8) is 0 Å². The van der Waals surface area contributed by atoms with Crippen LogP contribution in [0.3, 0.4) is 0 Å². The van der Waals surface area contributed by atoms with Crippen LogP contribution in [-0.4, -0.2) is 11.8 Å². The smallest absolute Gasteiger partial charge is 0.197 e. The standard InChI is InChI=1S/C69H66BN2/c1-64(2,3)38-22-24-39(25-23-38)71-57-34-45-44-32-54-55(66(6,7)31-30-65(54,4)5)36-52(44)69(12,13)51(45)33-47(57)41-26-27-43-61-58(29-28-50-60(61)42-19-15-17-21-49(42)67(50,8)9)72-59-35-46-40-18-14-16-20-48(40)68(10,11)53(46)37-56(59)70-62(41)63(43)72/h14-29,32-37,71H,30-31H2,1-13H3. The van der Waals surface area contributed by atoms with Crippen LogP contribution in [0.1, 0.15) is 153 Å². The molecular formula is C69H66BN2. The van der Waals surface area contributed by atoms with Crippen molar-refractivity contribution in [1.82, 2.24) is 4.57 Å². The number of nitrogens with one attached hydrogen (secondary N) is 1. The van der Waals surface area contributed by atoms with Crippen LogP contribution in [0.4, 0.5) is 11.4 Å². The molecule has 1 aliphatic heterocycles. The molecule has 9 aromatic rings. The molecule has 1 aromatic heterocycles. The Morgan fingerprint density at radius 3 is 1.75 bits per heavy atom. The molecule has 2 heterocycles. The molecular weight excluding hydrogens is 868 g/mol. The molecule has 14 rings (SSSR count). The summed E-state index contributed by atoms with van der Waals surface area (Å²) in [5.74, 6) is 0. The van der Waals surface area contributed by atoms with Gasteiger partial charge in [0.1, 0.15) is 0 Å². The highest BCUT2D eigenvalue weighted by Crippen LogP contribution is 2.58. The van der Waals surface area contributed by atoms with Gasteiger partial charge >= 0.3 is 0 Å². The summed E-state index contributed by atoms with van der Waals surface area (Å²) in [6, 6.07) is 52.6. The van der Waals surface area contributed by atoms with E-state index in [1.54, 1.807) is 0 Å². The second-order valence-corrected chi connectivity index (χ2v) is 26.3. The monoisotopic (exact) mass is 934 g/mol. The van der Waals surface area contributed by atoms with Crippen molar-refractivity contribution < 1.29 is 0 Å². The quantitative estimate of drug-likeness (QED) is 0.175. The minimum absolute atomic E-state index is 0.0623. The summed E-state index contributed by atoms with van der Waals surface area (Å²) >= 11 is 0. The van der Waals surface area contributed by atoms with Gasteiger partial charge in [0.25, 0.3) is 0 Å². The lowest BCUT2D eigenvalue weighted by atomic mass is 9.58. The first kappa shape index (κ1) is 44.2. The number of nitrogens with zero attached hydrogens (tertiary/aromatic N) is 1. The number of hydrogen-bond donors (Lipinski definition) is 1. The second kappa shape index (κ2) is 13.9. The number of benzene rings is 8. The Morgan fingerprint density at radius 2 is 1.04 bits per heavy atom. The largest absolute Gasteiger partial charge is 0.355 e. The number of fused-ring (bicyclic) bond motifs is 16. The van der Waals surface area contributed by atoms with Crippen LogP contribution in [-0.2, 0) is 32.5 Å². The van der Waals surface area contributed by atoms with Crippen molar-refractivity contribution >= 4 is 51.4 Å². The van der Waals surface area contributed by atoms with Gasteiger partial charge in [-0.25, -0.2) is 0 Å². The Kier molecular flexibility index (Phi) is 8.54. The van der Waals surface area contributed by atoms with E-state index in [9.17, 15) is 0 Å². The lowest BCUT2D eigenvalue weighted by Crippen LogP contribution is -2.38. The minimum Gasteiger partial charge on any atom is -0.355 e. The third-order valence-corrected chi connectivity index (χ3v) is 19.1. The molecule has 0 atom stereocenters. The van der Waals surface area contributed by atoms with Crippen molar-refractivity contribution in [3.8, 4) is 50.2 Å². The van der Waals surface area contributed by atoms with Crippen LogP contribution in [0.2, 0.25) is 0 Å². The fraction of sp³-hybridized carbons (Fsp3) is 0.304. The van der Waals surface area contributed by atoms with E-state index < -0.39 is 0 Å². The van der Waals surface area contributed by atoms with Crippen molar-refractivity contribution in [3.05, 3.63) is 184 Å². The molecule has 8 aromatic carbocycles. The molecule has 355 valence electrons.